The van der Waals surface area contributed by atoms with Crippen molar-refractivity contribution in [2.24, 2.45) is 11.8 Å². The SMILES string of the molecule is CCNc1cc(C(C)C)nc(C2CCC(C(C)C)CC2)n1. The smallest absolute Gasteiger partial charge is 0.134 e. The monoisotopic (exact) mass is 289 g/mol. The Morgan fingerprint density at radius 3 is 2.29 bits per heavy atom. The fraction of sp³-hybridized carbons (Fsp3) is 0.778. The van der Waals surface area contributed by atoms with Crippen LogP contribution < -0.4 is 5.32 Å². The maximum Gasteiger partial charge on any atom is 0.134 e. The molecule has 0 saturated heterocycles. The fourth-order valence-corrected chi connectivity index (χ4v) is 3.28. The van der Waals surface area contributed by atoms with Gasteiger partial charge in [0.25, 0.3) is 0 Å². The maximum absolute atomic E-state index is 4.86. The zero-order valence-corrected chi connectivity index (χ0v) is 14.3. The molecule has 3 heteroatoms. The maximum atomic E-state index is 4.86. The van der Waals surface area contributed by atoms with Gasteiger partial charge in [-0.25, -0.2) is 9.97 Å². The van der Waals surface area contributed by atoms with Crippen LogP contribution in [0.15, 0.2) is 6.07 Å². The van der Waals surface area contributed by atoms with E-state index in [2.05, 4.69) is 46.0 Å². The summed E-state index contributed by atoms with van der Waals surface area (Å²) < 4.78 is 0. The van der Waals surface area contributed by atoms with E-state index in [0.717, 1.165) is 30.0 Å². The Morgan fingerprint density at radius 2 is 1.76 bits per heavy atom. The second kappa shape index (κ2) is 7.24. The molecule has 0 aromatic carbocycles. The largest absolute Gasteiger partial charge is 0.370 e. The lowest BCUT2D eigenvalue weighted by Gasteiger charge is -2.30. The zero-order valence-electron chi connectivity index (χ0n) is 14.3. The van der Waals surface area contributed by atoms with E-state index in [1.54, 1.807) is 0 Å². The number of hydrogen-bond donors (Lipinski definition) is 1. The van der Waals surface area contributed by atoms with Gasteiger partial charge >= 0.3 is 0 Å². The molecule has 0 radical (unpaired) electrons. The standard InChI is InChI=1S/C18H31N3/c1-6-19-17-11-16(13(4)5)20-18(21-17)15-9-7-14(8-10-15)12(2)3/h11-15H,6-10H2,1-5H3,(H,19,20,21). The van der Waals surface area contributed by atoms with E-state index in [9.17, 15) is 0 Å². The lowest BCUT2D eigenvalue weighted by Crippen LogP contribution is -2.20. The van der Waals surface area contributed by atoms with Gasteiger partial charge in [-0.1, -0.05) is 27.7 Å². The van der Waals surface area contributed by atoms with Gasteiger partial charge in [-0.05, 0) is 50.4 Å². The molecule has 0 spiro atoms. The van der Waals surface area contributed by atoms with E-state index >= 15 is 0 Å². The third kappa shape index (κ3) is 4.18. The molecule has 1 N–H and O–H groups in total. The van der Waals surface area contributed by atoms with Crippen molar-refractivity contribution in [3.05, 3.63) is 17.6 Å². The Balaban J connectivity index is 2.15. The van der Waals surface area contributed by atoms with Gasteiger partial charge < -0.3 is 5.32 Å². The molecule has 21 heavy (non-hydrogen) atoms. The average molecular weight is 289 g/mol. The molecule has 0 unspecified atom stereocenters. The van der Waals surface area contributed by atoms with E-state index < -0.39 is 0 Å². The highest BCUT2D eigenvalue weighted by molar-refractivity contribution is 5.37. The minimum Gasteiger partial charge on any atom is -0.370 e. The third-order valence-corrected chi connectivity index (χ3v) is 4.79. The second-order valence-corrected chi connectivity index (χ2v) is 7.08. The van der Waals surface area contributed by atoms with Gasteiger partial charge in [0, 0.05) is 24.2 Å². The van der Waals surface area contributed by atoms with Gasteiger partial charge in [0.1, 0.15) is 11.6 Å². The highest BCUT2D eigenvalue weighted by Gasteiger charge is 2.26. The van der Waals surface area contributed by atoms with Crippen molar-refractivity contribution in [1.82, 2.24) is 9.97 Å². The predicted octanol–water partition coefficient (Wildman–Crippen LogP) is 4.96. The Kier molecular flexibility index (Phi) is 5.60. The van der Waals surface area contributed by atoms with Crippen molar-refractivity contribution in [1.29, 1.82) is 0 Å². The molecule has 0 aliphatic heterocycles. The summed E-state index contributed by atoms with van der Waals surface area (Å²) in [6, 6.07) is 2.11. The van der Waals surface area contributed by atoms with Crippen molar-refractivity contribution in [3.63, 3.8) is 0 Å². The van der Waals surface area contributed by atoms with Crippen LogP contribution in [0.1, 0.15) is 83.7 Å². The van der Waals surface area contributed by atoms with Crippen LogP contribution in [0.2, 0.25) is 0 Å². The number of hydrogen-bond acceptors (Lipinski definition) is 3. The van der Waals surface area contributed by atoms with Crippen molar-refractivity contribution >= 4 is 5.82 Å². The van der Waals surface area contributed by atoms with Crippen LogP contribution in [0.4, 0.5) is 5.82 Å². The Bertz CT molecular complexity index is 446. The molecule has 0 bridgehead atoms. The predicted molar refractivity (Wildman–Crippen MR) is 89.8 cm³/mol. The van der Waals surface area contributed by atoms with Crippen molar-refractivity contribution in [3.8, 4) is 0 Å². The first-order chi connectivity index (χ1) is 10.0. The third-order valence-electron chi connectivity index (χ3n) is 4.79. The van der Waals surface area contributed by atoms with Crippen molar-refractivity contribution < 1.29 is 0 Å². The molecule has 0 amide bonds. The first-order valence-electron chi connectivity index (χ1n) is 8.64. The molecule has 1 aromatic heterocycles. The summed E-state index contributed by atoms with van der Waals surface area (Å²) in [6.45, 7) is 12.1. The number of aromatic nitrogens is 2. The van der Waals surface area contributed by atoms with Crippen LogP contribution >= 0.6 is 0 Å². The topological polar surface area (TPSA) is 37.8 Å². The summed E-state index contributed by atoms with van der Waals surface area (Å²) in [5.74, 6) is 4.78. The van der Waals surface area contributed by atoms with Gasteiger partial charge in [-0.15, -0.1) is 0 Å². The van der Waals surface area contributed by atoms with Gasteiger partial charge in [-0.3, -0.25) is 0 Å². The van der Waals surface area contributed by atoms with E-state index in [0.29, 0.717) is 11.8 Å². The summed E-state index contributed by atoms with van der Waals surface area (Å²) in [6.07, 6.45) is 5.15. The molecule has 3 nitrogen and oxygen atoms in total. The molecule has 1 heterocycles. The lowest BCUT2D eigenvalue weighted by atomic mass is 9.76. The van der Waals surface area contributed by atoms with Crippen molar-refractivity contribution in [2.75, 3.05) is 11.9 Å². The van der Waals surface area contributed by atoms with E-state index in [1.165, 1.54) is 31.4 Å². The summed E-state index contributed by atoms with van der Waals surface area (Å²) in [7, 11) is 0. The first-order valence-corrected chi connectivity index (χ1v) is 8.64. The van der Waals surface area contributed by atoms with Crippen molar-refractivity contribution in [2.45, 2.75) is 72.1 Å². The number of rotatable bonds is 5. The molecular weight excluding hydrogens is 258 g/mol. The first kappa shape index (κ1) is 16.3. The normalized spacial score (nSPS) is 22.8. The lowest BCUT2D eigenvalue weighted by molar-refractivity contribution is 0.254. The van der Waals surface area contributed by atoms with E-state index in [1.807, 2.05) is 0 Å². The molecule has 1 saturated carbocycles. The van der Waals surface area contributed by atoms with Crippen LogP contribution in [-0.4, -0.2) is 16.5 Å². The Morgan fingerprint density at radius 1 is 1.10 bits per heavy atom. The molecule has 1 aliphatic carbocycles. The Labute approximate surface area is 130 Å². The van der Waals surface area contributed by atoms with E-state index in [-0.39, 0.29) is 0 Å². The highest BCUT2D eigenvalue weighted by atomic mass is 15.0. The molecule has 118 valence electrons. The molecule has 1 aliphatic rings. The Hall–Kier alpha value is -1.12. The summed E-state index contributed by atoms with van der Waals surface area (Å²) >= 11 is 0. The average Bonchev–Trinajstić information content (AvgIpc) is 2.47. The number of nitrogens with zero attached hydrogens (tertiary/aromatic N) is 2. The van der Waals surface area contributed by atoms with Gasteiger partial charge in [-0.2, -0.15) is 0 Å². The van der Waals surface area contributed by atoms with Gasteiger partial charge in [0.15, 0.2) is 0 Å². The quantitative estimate of drug-likeness (QED) is 0.832. The summed E-state index contributed by atoms with van der Waals surface area (Å²) in [5.41, 5.74) is 1.17. The van der Waals surface area contributed by atoms with Crippen LogP contribution in [0.25, 0.3) is 0 Å². The number of nitrogens with one attached hydrogen (secondary N) is 1. The van der Waals surface area contributed by atoms with Crippen LogP contribution in [0.5, 0.6) is 0 Å². The summed E-state index contributed by atoms with van der Waals surface area (Å²) in [5, 5.41) is 3.36. The second-order valence-electron chi connectivity index (χ2n) is 7.08. The van der Waals surface area contributed by atoms with Crippen LogP contribution in [0, 0.1) is 11.8 Å². The minimum atomic E-state index is 0.455. The molecular formula is C18H31N3. The van der Waals surface area contributed by atoms with Crippen LogP contribution in [0.3, 0.4) is 0 Å². The summed E-state index contributed by atoms with van der Waals surface area (Å²) in [4.78, 5) is 9.63. The minimum absolute atomic E-state index is 0.455. The molecule has 0 atom stereocenters. The molecule has 1 aromatic rings. The van der Waals surface area contributed by atoms with Gasteiger partial charge in [0.2, 0.25) is 0 Å². The molecule has 2 rings (SSSR count). The van der Waals surface area contributed by atoms with E-state index in [4.69, 9.17) is 9.97 Å². The zero-order chi connectivity index (χ0) is 15.4. The van der Waals surface area contributed by atoms with Crippen LogP contribution in [-0.2, 0) is 0 Å². The number of anilines is 1. The highest BCUT2D eigenvalue weighted by Crippen LogP contribution is 2.38. The molecule has 1 fully saturated rings. The fourth-order valence-electron chi connectivity index (χ4n) is 3.28. The van der Waals surface area contributed by atoms with Gasteiger partial charge in [0.05, 0.1) is 0 Å².